The fraction of sp³-hybridized carbons (Fsp3) is 0.0400. The van der Waals surface area contributed by atoms with Crippen LogP contribution in [0.4, 0.5) is 10.1 Å². The van der Waals surface area contributed by atoms with E-state index in [9.17, 15) is 14.4 Å². The molecule has 1 aromatic heterocycles. The SMILES string of the molecule is N#C/C(=C\c1cn(Cc2cccc(F)c2)c2ccccc12)C(=O)Nc1ccc(Cl)c(Cl)c1. The van der Waals surface area contributed by atoms with Crippen LogP contribution in [0.25, 0.3) is 17.0 Å². The molecule has 1 N–H and O–H groups in total. The van der Waals surface area contributed by atoms with E-state index in [1.807, 2.05) is 47.2 Å². The summed E-state index contributed by atoms with van der Waals surface area (Å²) in [6, 6.07) is 20.7. The molecule has 0 saturated heterocycles. The molecular formula is C25H16Cl2FN3O. The smallest absolute Gasteiger partial charge is 0.266 e. The lowest BCUT2D eigenvalue weighted by Gasteiger charge is -2.05. The van der Waals surface area contributed by atoms with Crippen LogP contribution in [0.2, 0.25) is 10.0 Å². The second-order valence-corrected chi connectivity index (χ2v) is 7.93. The fourth-order valence-electron chi connectivity index (χ4n) is 3.43. The summed E-state index contributed by atoms with van der Waals surface area (Å²) in [5.41, 5.74) is 2.78. The number of aromatic nitrogens is 1. The maximum atomic E-state index is 13.6. The number of anilines is 1. The molecule has 3 aromatic carbocycles. The predicted molar refractivity (Wildman–Crippen MR) is 126 cm³/mol. The topological polar surface area (TPSA) is 57.8 Å². The summed E-state index contributed by atoms with van der Waals surface area (Å²) in [4.78, 5) is 12.7. The van der Waals surface area contributed by atoms with Crippen molar-refractivity contribution < 1.29 is 9.18 Å². The average molecular weight is 464 g/mol. The van der Waals surface area contributed by atoms with Crippen molar-refractivity contribution in [3.05, 3.63) is 105 Å². The van der Waals surface area contributed by atoms with Crippen molar-refractivity contribution in [3.63, 3.8) is 0 Å². The number of para-hydroxylation sites is 1. The molecule has 4 rings (SSSR count). The molecule has 0 aliphatic heterocycles. The summed E-state index contributed by atoms with van der Waals surface area (Å²) in [5.74, 6) is -0.863. The highest BCUT2D eigenvalue weighted by Gasteiger charge is 2.14. The molecule has 0 saturated carbocycles. The summed E-state index contributed by atoms with van der Waals surface area (Å²) >= 11 is 11.9. The van der Waals surface area contributed by atoms with Crippen LogP contribution < -0.4 is 5.32 Å². The normalized spacial score (nSPS) is 11.4. The number of fused-ring (bicyclic) bond motifs is 1. The molecule has 0 bridgehead atoms. The quantitative estimate of drug-likeness (QED) is 0.265. The number of nitrogens with one attached hydrogen (secondary N) is 1. The predicted octanol–water partition coefficient (Wildman–Crippen LogP) is 6.68. The Hall–Kier alpha value is -3.59. The number of carbonyl (C=O) groups excluding carboxylic acids is 1. The van der Waals surface area contributed by atoms with Crippen LogP contribution in [0.1, 0.15) is 11.1 Å². The van der Waals surface area contributed by atoms with Gasteiger partial charge in [-0.15, -0.1) is 0 Å². The Morgan fingerprint density at radius 2 is 1.88 bits per heavy atom. The summed E-state index contributed by atoms with van der Waals surface area (Å²) in [6.45, 7) is 0.448. The standard InChI is InChI=1S/C25H16Cl2FN3O/c26-22-9-8-20(12-23(22)27)30-25(32)17(13-29)11-18-15-31(24-7-2-1-6-21(18)24)14-16-4-3-5-19(28)10-16/h1-12,15H,14H2,(H,30,32)/b17-11+. The van der Waals surface area contributed by atoms with Gasteiger partial charge in [-0.2, -0.15) is 5.26 Å². The Balaban J connectivity index is 1.67. The van der Waals surface area contributed by atoms with Gasteiger partial charge in [-0.3, -0.25) is 4.79 Å². The first-order chi connectivity index (χ1) is 15.4. The van der Waals surface area contributed by atoms with Crippen LogP contribution in [0.5, 0.6) is 0 Å². The molecule has 158 valence electrons. The molecule has 4 aromatic rings. The number of nitriles is 1. The first-order valence-electron chi connectivity index (χ1n) is 9.65. The van der Waals surface area contributed by atoms with Crippen LogP contribution in [0, 0.1) is 17.1 Å². The van der Waals surface area contributed by atoms with Crippen molar-refractivity contribution in [2.75, 3.05) is 5.32 Å². The maximum Gasteiger partial charge on any atom is 0.266 e. The van der Waals surface area contributed by atoms with E-state index in [-0.39, 0.29) is 11.4 Å². The van der Waals surface area contributed by atoms with Crippen LogP contribution in [0.3, 0.4) is 0 Å². The first-order valence-corrected chi connectivity index (χ1v) is 10.4. The van der Waals surface area contributed by atoms with Gasteiger partial charge in [-0.05, 0) is 48.0 Å². The molecule has 0 unspecified atom stereocenters. The highest BCUT2D eigenvalue weighted by molar-refractivity contribution is 6.42. The van der Waals surface area contributed by atoms with Gasteiger partial charge in [-0.25, -0.2) is 4.39 Å². The van der Waals surface area contributed by atoms with E-state index < -0.39 is 5.91 Å². The van der Waals surface area contributed by atoms with Gasteiger partial charge in [0.25, 0.3) is 5.91 Å². The molecule has 32 heavy (non-hydrogen) atoms. The van der Waals surface area contributed by atoms with Gasteiger partial charge in [0.1, 0.15) is 17.5 Å². The number of benzene rings is 3. The number of nitrogens with zero attached hydrogens (tertiary/aromatic N) is 2. The summed E-state index contributed by atoms with van der Waals surface area (Å²) < 4.78 is 15.6. The molecular weight excluding hydrogens is 448 g/mol. The van der Waals surface area contributed by atoms with Crippen LogP contribution in [-0.2, 0) is 11.3 Å². The monoisotopic (exact) mass is 463 g/mol. The average Bonchev–Trinajstić information content (AvgIpc) is 3.12. The Labute approximate surface area is 194 Å². The Bertz CT molecular complexity index is 1400. The minimum absolute atomic E-state index is 0.0651. The van der Waals surface area contributed by atoms with E-state index in [1.54, 1.807) is 18.2 Å². The number of hydrogen-bond acceptors (Lipinski definition) is 2. The second kappa shape index (κ2) is 9.27. The number of hydrogen-bond donors (Lipinski definition) is 1. The number of amides is 1. The first kappa shape index (κ1) is 21.6. The minimum Gasteiger partial charge on any atom is -0.342 e. The molecule has 0 fully saturated rings. The largest absolute Gasteiger partial charge is 0.342 e. The Morgan fingerprint density at radius 1 is 1.06 bits per heavy atom. The van der Waals surface area contributed by atoms with Crippen molar-refractivity contribution in [2.24, 2.45) is 0 Å². The van der Waals surface area contributed by atoms with E-state index in [4.69, 9.17) is 23.2 Å². The van der Waals surface area contributed by atoms with Crippen molar-refractivity contribution >= 4 is 51.8 Å². The van der Waals surface area contributed by atoms with Gasteiger partial charge in [0.2, 0.25) is 0 Å². The molecule has 0 radical (unpaired) electrons. The van der Waals surface area contributed by atoms with Gasteiger partial charge >= 0.3 is 0 Å². The molecule has 0 spiro atoms. The third-order valence-electron chi connectivity index (χ3n) is 4.90. The van der Waals surface area contributed by atoms with E-state index in [1.165, 1.54) is 24.3 Å². The number of halogens is 3. The lowest BCUT2D eigenvalue weighted by Crippen LogP contribution is -2.13. The molecule has 0 atom stereocenters. The highest BCUT2D eigenvalue weighted by atomic mass is 35.5. The van der Waals surface area contributed by atoms with Crippen molar-refractivity contribution in [1.82, 2.24) is 4.57 Å². The zero-order chi connectivity index (χ0) is 22.7. The zero-order valence-electron chi connectivity index (χ0n) is 16.6. The third-order valence-corrected chi connectivity index (χ3v) is 5.64. The molecule has 1 amide bonds. The van der Waals surface area contributed by atoms with Gasteiger partial charge in [0.05, 0.1) is 10.0 Å². The summed E-state index contributed by atoms with van der Waals surface area (Å²) in [7, 11) is 0. The highest BCUT2D eigenvalue weighted by Crippen LogP contribution is 2.27. The van der Waals surface area contributed by atoms with Gasteiger partial charge < -0.3 is 9.88 Å². The van der Waals surface area contributed by atoms with E-state index in [0.717, 1.165) is 16.5 Å². The molecule has 0 aliphatic carbocycles. The van der Waals surface area contributed by atoms with Crippen molar-refractivity contribution in [3.8, 4) is 6.07 Å². The molecule has 7 heteroatoms. The fourth-order valence-corrected chi connectivity index (χ4v) is 3.73. The van der Waals surface area contributed by atoms with E-state index in [2.05, 4.69) is 5.32 Å². The van der Waals surface area contributed by atoms with Crippen LogP contribution in [-0.4, -0.2) is 10.5 Å². The Morgan fingerprint density at radius 3 is 2.62 bits per heavy atom. The van der Waals surface area contributed by atoms with Gasteiger partial charge in [-0.1, -0.05) is 53.5 Å². The second-order valence-electron chi connectivity index (χ2n) is 7.11. The lowest BCUT2D eigenvalue weighted by molar-refractivity contribution is -0.112. The van der Waals surface area contributed by atoms with Gasteiger partial charge in [0, 0.05) is 34.9 Å². The van der Waals surface area contributed by atoms with Gasteiger partial charge in [0.15, 0.2) is 0 Å². The summed E-state index contributed by atoms with van der Waals surface area (Å²) in [6.07, 6.45) is 3.39. The molecule has 4 nitrogen and oxygen atoms in total. The molecule has 0 aliphatic rings. The maximum absolute atomic E-state index is 13.6. The minimum atomic E-state index is -0.562. The zero-order valence-corrected chi connectivity index (χ0v) is 18.2. The number of carbonyl (C=O) groups is 1. The molecule has 1 heterocycles. The lowest BCUT2D eigenvalue weighted by atomic mass is 10.1. The van der Waals surface area contributed by atoms with Crippen molar-refractivity contribution in [2.45, 2.75) is 6.54 Å². The van der Waals surface area contributed by atoms with Crippen molar-refractivity contribution in [1.29, 1.82) is 5.26 Å². The Kier molecular flexibility index (Phi) is 6.27. The van der Waals surface area contributed by atoms with E-state index in [0.29, 0.717) is 27.8 Å². The third kappa shape index (κ3) is 4.67. The number of rotatable bonds is 5. The van der Waals surface area contributed by atoms with E-state index >= 15 is 0 Å². The van der Waals surface area contributed by atoms with Crippen LogP contribution >= 0.6 is 23.2 Å². The van der Waals surface area contributed by atoms with Crippen LogP contribution in [0.15, 0.2) is 78.5 Å². The summed E-state index contributed by atoms with van der Waals surface area (Å²) in [5, 5.41) is 13.8.